The first-order valence-electron chi connectivity index (χ1n) is 5.61. The second-order valence-corrected chi connectivity index (χ2v) is 6.22. The van der Waals surface area contributed by atoms with Gasteiger partial charge in [-0.25, -0.2) is 0 Å². The third-order valence-electron chi connectivity index (χ3n) is 3.12. The Bertz CT molecular complexity index is 399. The van der Waals surface area contributed by atoms with Crippen molar-refractivity contribution in [3.63, 3.8) is 0 Å². The number of thiophene rings is 1. The lowest BCUT2D eigenvalue weighted by Crippen LogP contribution is -2.38. The summed E-state index contributed by atoms with van der Waals surface area (Å²) < 4.78 is 1.16. The number of rotatable bonds is 3. The lowest BCUT2D eigenvalue weighted by Gasteiger charge is -2.30. The van der Waals surface area contributed by atoms with E-state index >= 15 is 0 Å². The van der Waals surface area contributed by atoms with Crippen molar-refractivity contribution in [1.29, 1.82) is 0 Å². The van der Waals surface area contributed by atoms with Crippen LogP contribution in [-0.2, 0) is 6.54 Å². The molecule has 0 saturated carbocycles. The fourth-order valence-corrected chi connectivity index (χ4v) is 3.62. The molecule has 1 aliphatic rings. The van der Waals surface area contributed by atoms with Gasteiger partial charge in [0, 0.05) is 27.2 Å². The zero-order valence-electron chi connectivity index (χ0n) is 9.47. The predicted molar refractivity (Wildman–Crippen MR) is 73.4 cm³/mol. The number of hydrogen-bond donors (Lipinski definition) is 2. The number of piperidine rings is 1. The summed E-state index contributed by atoms with van der Waals surface area (Å²) in [7, 11) is 0. The molecular formula is C11H16BrN3OS. The molecule has 0 atom stereocenters. The Morgan fingerprint density at radius 2 is 2.29 bits per heavy atom. The normalized spacial score (nSPS) is 19.7. The van der Waals surface area contributed by atoms with Gasteiger partial charge >= 0.3 is 0 Å². The lowest BCUT2D eigenvalue weighted by molar-refractivity contribution is 0.200. The summed E-state index contributed by atoms with van der Waals surface area (Å²) in [6.45, 7) is 3.02. The molecule has 1 aromatic heterocycles. The standard InChI is InChI=1S/C11H16BrN3OS/c12-9-5-10(17-7-9)6-15-3-1-8(2-4-15)11(13)14-16/h5,7-8,16H,1-4,6H2,(H2,13,14). The fraction of sp³-hybridized carbons (Fsp3) is 0.545. The van der Waals surface area contributed by atoms with Crippen molar-refractivity contribution >= 4 is 33.1 Å². The zero-order valence-corrected chi connectivity index (χ0v) is 11.9. The van der Waals surface area contributed by atoms with Gasteiger partial charge < -0.3 is 10.9 Å². The summed E-state index contributed by atoms with van der Waals surface area (Å²) in [6, 6.07) is 2.17. The molecule has 1 saturated heterocycles. The van der Waals surface area contributed by atoms with Gasteiger partial charge in [-0.1, -0.05) is 5.16 Å². The third kappa shape index (κ3) is 3.43. The van der Waals surface area contributed by atoms with Gasteiger partial charge in [-0.05, 0) is 47.9 Å². The summed E-state index contributed by atoms with van der Waals surface area (Å²) in [4.78, 5) is 3.79. The highest BCUT2D eigenvalue weighted by atomic mass is 79.9. The molecule has 3 N–H and O–H groups in total. The first kappa shape index (κ1) is 12.9. The van der Waals surface area contributed by atoms with Crippen molar-refractivity contribution in [2.24, 2.45) is 16.8 Å². The van der Waals surface area contributed by atoms with Crippen LogP contribution in [0.4, 0.5) is 0 Å². The number of nitrogens with two attached hydrogens (primary N) is 1. The highest BCUT2D eigenvalue weighted by molar-refractivity contribution is 9.10. The van der Waals surface area contributed by atoms with E-state index in [1.807, 2.05) is 0 Å². The van der Waals surface area contributed by atoms with Gasteiger partial charge in [0.15, 0.2) is 0 Å². The number of hydrogen-bond acceptors (Lipinski definition) is 4. The number of likely N-dealkylation sites (tertiary alicyclic amines) is 1. The van der Waals surface area contributed by atoms with E-state index in [4.69, 9.17) is 10.9 Å². The van der Waals surface area contributed by atoms with Gasteiger partial charge in [0.2, 0.25) is 0 Å². The zero-order chi connectivity index (χ0) is 12.3. The van der Waals surface area contributed by atoms with Crippen molar-refractivity contribution in [2.75, 3.05) is 13.1 Å². The Morgan fingerprint density at radius 3 is 2.82 bits per heavy atom. The predicted octanol–water partition coefficient (Wildman–Crippen LogP) is 2.47. The second kappa shape index (κ2) is 5.84. The first-order chi connectivity index (χ1) is 8.19. The van der Waals surface area contributed by atoms with Gasteiger partial charge in [0.05, 0.1) is 0 Å². The molecule has 0 radical (unpaired) electrons. The molecule has 0 unspecified atom stereocenters. The number of amidine groups is 1. The summed E-state index contributed by atoms with van der Waals surface area (Å²) in [5.41, 5.74) is 5.63. The lowest BCUT2D eigenvalue weighted by atomic mass is 9.96. The summed E-state index contributed by atoms with van der Waals surface area (Å²) in [5, 5.41) is 13.8. The SMILES string of the molecule is NC(=NO)C1CCN(Cc2cc(Br)cs2)CC1. The van der Waals surface area contributed by atoms with Gasteiger partial charge in [-0.15, -0.1) is 11.3 Å². The number of nitrogens with zero attached hydrogens (tertiary/aromatic N) is 2. The molecule has 4 nitrogen and oxygen atoms in total. The van der Waals surface area contributed by atoms with Crippen molar-refractivity contribution in [2.45, 2.75) is 19.4 Å². The molecule has 0 aliphatic carbocycles. The molecular weight excluding hydrogens is 302 g/mol. The van der Waals surface area contributed by atoms with E-state index in [-0.39, 0.29) is 5.92 Å². The number of oxime groups is 1. The van der Waals surface area contributed by atoms with Crippen molar-refractivity contribution in [3.05, 3.63) is 20.8 Å². The largest absolute Gasteiger partial charge is 0.409 e. The quantitative estimate of drug-likeness (QED) is 0.389. The molecule has 0 spiro atoms. The highest BCUT2D eigenvalue weighted by Gasteiger charge is 2.22. The Kier molecular flexibility index (Phi) is 4.42. The summed E-state index contributed by atoms with van der Waals surface area (Å²) >= 11 is 5.24. The summed E-state index contributed by atoms with van der Waals surface area (Å²) in [6.07, 6.45) is 1.95. The third-order valence-corrected chi connectivity index (χ3v) is 4.80. The summed E-state index contributed by atoms with van der Waals surface area (Å²) in [5.74, 6) is 0.620. The topological polar surface area (TPSA) is 61.9 Å². The minimum atomic E-state index is 0.242. The van der Waals surface area contributed by atoms with Crippen LogP contribution < -0.4 is 5.73 Å². The maximum absolute atomic E-state index is 8.64. The van der Waals surface area contributed by atoms with Crippen molar-refractivity contribution in [1.82, 2.24) is 4.90 Å². The molecule has 0 amide bonds. The van der Waals surface area contributed by atoms with Crippen molar-refractivity contribution in [3.8, 4) is 0 Å². The monoisotopic (exact) mass is 317 g/mol. The second-order valence-electron chi connectivity index (χ2n) is 4.31. The van der Waals surface area contributed by atoms with E-state index in [9.17, 15) is 0 Å². The van der Waals surface area contributed by atoms with Crippen LogP contribution in [-0.4, -0.2) is 29.0 Å². The number of halogens is 1. The molecule has 17 heavy (non-hydrogen) atoms. The molecule has 1 aliphatic heterocycles. The Labute approximate surface area is 113 Å². The molecule has 0 bridgehead atoms. The van der Waals surface area contributed by atoms with Gasteiger partial charge in [-0.3, -0.25) is 4.90 Å². The van der Waals surface area contributed by atoms with Crippen LogP contribution in [0.5, 0.6) is 0 Å². The minimum Gasteiger partial charge on any atom is -0.409 e. The average Bonchev–Trinajstić information content (AvgIpc) is 2.75. The smallest absolute Gasteiger partial charge is 0.142 e. The molecule has 1 fully saturated rings. The van der Waals surface area contributed by atoms with E-state index < -0.39 is 0 Å². The van der Waals surface area contributed by atoms with Crippen LogP contribution in [0.3, 0.4) is 0 Å². The first-order valence-corrected chi connectivity index (χ1v) is 7.29. The van der Waals surface area contributed by atoms with E-state index in [1.54, 1.807) is 11.3 Å². The van der Waals surface area contributed by atoms with Crippen LogP contribution in [0.2, 0.25) is 0 Å². The Balaban J connectivity index is 1.83. The fourth-order valence-electron chi connectivity index (χ4n) is 2.13. The van der Waals surface area contributed by atoms with Crippen LogP contribution in [0.15, 0.2) is 21.1 Å². The van der Waals surface area contributed by atoms with Crippen LogP contribution in [0, 0.1) is 5.92 Å². The molecule has 2 rings (SSSR count). The van der Waals surface area contributed by atoms with Gasteiger partial charge in [0.1, 0.15) is 5.84 Å². The molecule has 2 heterocycles. The maximum Gasteiger partial charge on any atom is 0.142 e. The van der Waals surface area contributed by atoms with Crippen LogP contribution >= 0.6 is 27.3 Å². The van der Waals surface area contributed by atoms with Crippen LogP contribution in [0.1, 0.15) is 17.7 Å². The van der Waals surface area contributed by atoms with E-state index in [0.717, 1.165) is 36.9 Å². The van der Waals surface area contributed by atoms with E-state index in [2.05, 4.69) is 37.4 Å². The van der Waals surface area contributed by atoms with Gasteiger partial charge in [-0.2, -0.15) is 0 Å². The molecule has 94 valence electrons. The maximum atomic E-state index is 8.64. The Morgan fingerprint density at radius 1 is 1.59 bits per heavy atom. The van der Waals surface area contributed by atoms with Gasteiger partial charge in [0.25, 0.3) is 0 Å². The molecule has 1 aromatic rings. The molecule has 6 heteroatoms. The van der Waals surface area contributed by atoms with E-state index in [0.29, 0.717) is 5.84 Å². The van der Waals surface area contributed by atoms with Crippen molar-refractivity contribution < 1.29 is 5.21 Å². The highest BCUT2D eigenvalue weighted by Crippen LogP contribution is 2.24. The minimum absolute atomic E-state index is 0.242. The Hall–Kier alpha value is -0.590. The average molecular weight is 318 g/mol. The van der Waals surface area contributed by atoms with E-state index in [1.165, 1.54) is 4.88 Å². The molecule has 0 aromatic carbocycles. The van der Waals surface area contributed by atoms with Crippen LogP contribution in [0.25, 0.3) is 0 Å².